The van der Waals surface area contributed by atoms with E-state index >= 15 is 0 Å². The molecule has 0 unspecified atom stereocenters. The minimum absolute atomic E-state index is 0.337. The van der Waals surface area contributed by atoms with Gasteiger partial charge in [-0.3, -0.25) is 10.1 Å². The lowest BCUT2D eigenvalue weighted by Gasteiger charge is -2.09. The average Bonchev–Trinajstić information content (AvgIpc) is 3.15. The van der Waals surface area contributed by atoms with Crippen molar-refractivity contribution in [3.63, 3.8) is 0 Å². The van der Waals surface area contributed by atoms with Gasteiger partial charge in [0.25, 0.3) is 5.91 Å². The van der Waals surface area contributed by atoms with E-state index < -0.39 is 0 Å². The van der Waals surface area contributed by atoms with Crippen molar-refractivity contribution in [2.45, 2.75) is 0 Å². The number of methoxy groups -OCH3 is 3. The molecule has 1 heterocycles. The van der Waals surface area contributed by atoms with E-state index in [9.17, 15) is 4.79 Å². The van der Waals surface area contributed by atoms with E-state index in [0.717, 1.165) is 5.56 Å². The largest absolute Gasteiger partial charge is 0.497 e. The number of hydrogen-bond donors (Lipinski definition) is 1. The highest BCUT2D eigenvalue weighted by Gasteiger charge is 2.16. The molecule has 27 heavy (non-hydrogen) atoms. The van der Waals surface area contributed by atoms with Crippen molar-refractivity contribution < 1.29 is 19.0 Å². The second-order valence-electron chi connectivity index (χ2n) is 5.40. The first-order valence-corrected chi connectivity index (χ1v) is 9.14. The number of aromatic nitrogens is 1. The maximum absolute atomic E-state index is 12.6. The van der Waals surface area contributed by atoms with Gasteiger partial charge in [0.1, 0.15) is 17.2 Å². The van der Waals surface area contributed by atoms with Crippen molar-refractivity contribution in [2.24, 2.45) is 0 Å². The van der Waals surface area contributed by atoms with E-state index in [1.807, 2.05) is 17.5 Å². The number of nitrogens with one attached hydrogen (secondary N) is 1. The van der Waals surface area contributed by atoms with Crippen LogP contribution in [0.15, 0.2) is 41.8 Å². The summed E-state index contributed by atoms with van der Waals surface area (Å²) in [7, 11) is 4.67. The Morgan fingerprint density at radius 3 is 2.52 bits per heavy atom. The lowest BCUT2D eigenvalue weighted by molar-refractivity contribution is 0.102. The lowest BCUT2D eigenvalue weighted by Crippen LogP contribution is -2.13. The van der Waals surface area contributed by atoms with E-state index in [-0.39, 0.29) is 5.91 Å². The number of rotatable bonds is 6. The number of nitrogens with zero attached hydrogens (tertiary/aromatic N) is 1. The standard InChI is InChI=1S/C19H17ClN2O4S/c1-24-12-5-6-13(17(9-12)26-3)15-10-27-19(21-15)22-18(23)14-8-11(20)4-7-16(14)25-2/h4-10H,1-3H3,(H,21,22,23). The van der Waals surface area contributed by atoms with E-state index in [0.29, 0.717) is 38.7 Å². The highest BCUT2D eigenvalue weighted by Crippen LogP contribution is 2.35. The van der Waals surface area contributed by atoms with Crippen LogP contribution in [0.2, 0.25) is 5.02 Å². The lowest BCUT2D eigenvalue weighted by atomic mass is 10.1. The van der Waals surface area contributed by atoms with Gasteiger partial charge < -0.3 is 14.2 Å². The Labute approximate surface area is 165 Å². The molecule has 1 aromatic heterocycles. The summed E-state index contributed by atoms with van der Waals surface area (Å²) in [6.07, 6.45) is 0. The van der Waals surface area contributed by atoms with E-state index in [1.54, 1.807) is 38.5 Å². The molecule has 3 rings (SSSR count). The molecule has 1 amide bonds. The van der Waals surface area contributed by atoms with Crippen LogP contribution in [0.1, 0.15) is 10.4 Å². The zero-order valence-corrected chi connectivity index (χ0v) is 16.5. The zero-order chi connectivity index (χ0) is 19.4. The maximum atomic E-state index is 12.6. The Morgan fingerprint density at radius 1 is 1.04 bits per heavy atom. The van der Waals surface area contributed by atoms with Crippen LogP contribution in [0.25, 0.3) is 11.3 Å². The van der Waals surface area contributed by atoms with Crippen LogP contribution >= 0.6 is 22.9 Å². The normalized spacial score (nSPS) is 10.4. The number of carbonyl (C=O) groups is 1. The van der Waals surface area contributed by atoms with Crippen molar-refractivity contribution >= 4 is 34.0 Å². The number of amides is 1. The number of ether oxygens (including phenoxy) is 3. The first kappa shape index (κ1) is 19.0. The van der Waals surface area contributed by atoms with Crippen molar-refractivity contribution in [2.75, 3.05) is 26.6 Å². The smallest absolute Gasteiger partial charge is 0.261 e. The molecular weight excluding hydrogens is 388 g/mol. The SMILES string of the molecule is COc1ccc(-c2csc(NC(=O)c3cc(Cl)ccc3OC)n2)c(OC)c1. The van der Waals surface area contributed by atoms with Crippen LogP contribution in [-0.2, 0) is 0 Å². The Bertz CT molecular complexity index is 974. The van der Waals surface area contributed by atoms with E-state index in [1.165, 1.54) is 18.4 Å². The predicted molar refractivity (Wildman–Crippen MR) is 107 cm³/mol. The van der Waals surface area contributed by atoms with Crippen molar-refractivity contribution in [1.29, 1.82) is 0 Å². The van der Waals surface area contributed by atoms with Gasteiger partial charge in [-0.15, -0.1) is 11.3 Å². The fourth-order valence-electron chi connectivity index (χ4n) is 2.49. The summed E-state index contributed by atoms with van der Waals surface area (Å²) in [6, 6.07) is 10.3. The second-order valence-corrected chi connectivity index (χ2v) is 6.70. The first-order chi connectivity index (χ1) is 13.0. The Kier molecular flexibility index (Phi) is 5.83. The van der Waals surface area contributed by atoms with Crippen molar-refractivity contribution in [3.05, 3.63) is 52.4 Å². The molecule has 0 saturated heterocycles. The van der Waals surface area contributed by atoms with Gasteiger partial charge in [-0.2, -0.15) is 0 Å². The minimum atomic E-state index is -0.350. The summed E-state index contributed by atoms with van der Waals surface area (Å²) in [5.74, 6) is 1.41. The Morgan fingerprint density at radius 2 is 1.81 bits per heavy atom. The third-order valence-electron chi connectivity index (χ3n) is 3.82. The van der Waals surface area contributed by atoms with Crippen LogP contribution in [-0.4, -0.2) is 32.2 Å². The number of hydrogen-bond acceptors (Lipinski definition) is 6. The monoisotopic (exact) mass is 404 g/mol. The van der Waals surface area contributed by atoms with Gasteiger partial charge in [-0.25, -0.2) is 4.98 Å². The van der Waals surface area contributed by atoms with E-state index in [4.69, 9.17) is 25.8 Å². The van der Waals surface area contributed by atoms with Gasteiger partial charge in [0, 0.05) is 22.0 Å². The van der Waals surface area contributed by atoms with Crippen LogP contribution in [0.4, 0.5) is 5.13 Å². The predicted octanol–water partition coefficient (Wildman–Crippen LogP) is 4.74. The summed E-state index contributed by atoms with van der Waals surface area (Å²) in [5.41, 5.74) is 1.83. The molecule has 1 N–H and O–H groups in total. The second kappa shape index (κ2) is 8.28. The number of anilines is 1. The molecule has 2 aromatic carbocycles. The Balaban J connectivity index is 1.85. The van der Waals surface area contributed by atoms with Gasteiger partial charge in [-0.1, -0.05) is 11.6 Å². The maximum Gasteiger partial charge on any atom is 0.261 e. The topological polar surface area (TPSA) is 69.7 Å². The molecule has 0 radical (unpaired) electrons. The van der Waals surface area contributed by atoms with Gasteiger partial charge in [0.15, 0.2) is 5.13 Å². The van der Waals surface area contributed by atoms with Crippen LogP contribution < -0.4 is 19.5 Å². The molecular formula is C19H17ClN2O4S. The quantitative estimate of drug-likeness (QED) is 0.642. The van der Waals surface area contributed by atoms with Crippen LogP contribution in [0.5, 0.6) is 17.2 Å². The highest BCUT2D eigenvalue weighted by molar-refractivity contribution is 7.14. The third kappa shape index (κ3) is 4.15. The number of halogens is 1. The molecule has 8 heteroatoms. The van der Waals surface area contributed by atoms with E-state index in [2.05, 4.69) is 10.3 Å². The zero-order valence-electron chi connectivity index (χ0n) is 14.9. The fraction of sp³-hybridized carbons (Fsp3) is 0.158. The highest BCUT2D eigenvalue weighted by atomic mass is 35.5. The van der Waals surface area contributed by atoms with Gasteiger partial charge in [0.2, 0.25) is 0 Å². The summed E-state index contributed by atoms with van der Waals surface area (Å²) in [5, 5.41) is 5.52. The van der Waals surface area contributed by atoms with Gasteiger partial charge in [0.05, 0.1) is 32.6 Å². The molecule has 0 bridgehead atoms. The molecule has 0 aliphatic carbocycles. The fourth-order valence-corrected chi connectivity index (χ4v) is 3.36. The number of thiazole rings is 1. The summed E-state index contributed by atoms with van der Waals surface area (Å²) < 4.78 is 15.8. The number of carbonyl (C=O) groups excluding carboxylic acids is 1. The molecule has 3 aromatic rings. The summed E-state index contributed by atoms with van der Waals surface area (Å²) >= 11 is 7.30. The minimum Gasteiger partial charge on any atom is -0.497 e. The molecule has 0 fully saturated rings. The molecule has 0 aliphatic rings. The first-order valence-electron chi connectivity index (χ1n) is 7.88. The molecule has 0 aliphatic heterocycles. The Hall–Kier alpha value is -2.77. The molecule has 0 saturated carbocycles. The average molecular weight is 405 g/mol. The van der Waals surface area contributed by atoms with Crippen molar-refractivity contribution in [1.82, 2.24) is 4.98 Å². The van der Waals surface area contributed by atoms with Gasteiger partial charge in [-0.05, 0) is 30.3 Å². The summed E-state index contributed by atoms with van der Waals surface area (Å²) in [6.45, 7) is 0. The molecule has 140 valence electrons. The molecule has 0 atom stereocenters. The van der Waals surface area contributed by atoms with Crippen molar-refractivity contribution in [3.8, 4) is 28.5 Å². The number of benzene rings is 2. The third-order valence-corrected chi connectivity index (χ3v) is 4.81. The summed E-state index contributed by atoms with van der Waals surface area (Å²) in [4.78, 5) is 17.1. The van der Waals surface area contributed by atoms with Crippen LogP contribution in [0.3, 0.4) is 0 Å². The van der Waals surface area contributed by atoms with Gasteiger partial charge >= 0.3 is 0 Å². The van der Waals surface area contributed by atoms with Crippen LogP contribution in [0, 0.1) is 0 Å². The molecule has 6 nitrogen and oxygen atoms in total. The molecule has 0 spiro atoms.